The lowest BCUT2D eigenvalue weighted by Crippen LogP contribution is -2.34. The van der Waals surface area contributed by atoms with Crippen molar-refractivity contribution in [3.05, 3.63) is 36.9 Å². The third-order valence-corrected chi connectivity index (χ3v) is 3.77. The molecular weight excluding hydrogens is 244 g/mol. The van der Waals surface area contributed by atoms with E-state index in [1.807, 2.05) is 44.2 Å². The summed E-state index contributed by atoms with van der Waals surface area (Å²) in [5, 5.41) is 2.93. The maximum Gasteiger partial charge on any atom is 0.228 e. The van der Waals surface area contributed by atoms with Crippen LogP contribution in [0.4, 0.5) is 5.69 Å². The Balaban J connectivity index is 2.77. The molecule has 4 heteroatoms. The summed E-state index contributed by atoms with van der Waals surface area (Å²) in [6.07, 6.45) is 1.84. The number of nitrogens with two attached hydrogens (primary N) is 1. The molecule has 0 aromatic heterocycles. The minimum atomic E-state index is -0.206. The minimum absolute atomic E-state index is 0.0448. The van der Waals surface area contributed by atoms with Crippen LogP contribution < -0.4 is 11.1 Å². The molecule has 0 saturated carbocycles. The van der Waals surface area contributed by atoms with E-state index in [0.717, 1.165) is 16.3 Å². The van der Waals surface area contributed by atoms with Crippen LogP contribution in [0, 0.1) is 5.92 Å². The normalized spacial score (nSPS) is 13.7. The Morgan fingerprint density at radius 1 is 1.50 bits per heavy atom. The number of nitrogens with one attached hydrogen (secondary N) is 1. The zero-order valence-corrected chi connectivity index (χ0v) is 11.7. The highest BCUT2D eigenvalue weighted by Crippen LogP contribution is 2.27. The fraction of sp³-hybridized carbons (Fsp3) is 0.357. The van der Waals surface area contributed by atoms with Gasteiger partial charge in [-0.25, -0.2) is 0 Å². The Kier molecular flexibility index (Phi) is 5.95. The number of hydrogen-bond acceptors (Lipinski definition) is 3. The summed E-state index contributed by atoms with van der Waals surface area (Å²) in [5.41, 5.74) is 6.56. The second kappa shape index (κ2) is 7.24. The lowest BCUT2D eigenvalue weighted by atomic mass is 10.0. The van der Waals surface area contributed by atoms with Gasteiger partial charge in [-0.1, -0.05) is 25.1 Å². The van der Waals surface area contributed by atoms with Crippen molar-refractivity contribution in [1.29, 1.82) is 0 Å². The van der Waals surface area contributed by atoms with Gasteiger partial charge in [0, 0.05) is 16.7 Å². The standard InChI is InChI=1S/C14H20N2OS/c1-4-9-18-13-8-6-5-7-12(13)16-14(17)10(2)11(3)15/h4-8,10-11H,1,9,15H2,2-3H3,(H,16,17). The van der Waals surface area contributed by atoms with Gasteiger partial charge < -0.3 is 11.1 Å². The van der Waals surface area contributed by atoms with E-state index in [4.69, 9.17) is 5.73 Å². The van der Waals surface area contributed by atoms with Gasteiger partial charge in [0.2, 0.25) is 5.91 Å². The molecule has 18 heavy (non-hydrogen) atoms. The summed E-state index contributed by atoms with van der Waals surface area (Å²) >= 11 is 1.65. The molecule has 3 N–H and O–H groups in total. The van der Waals surface area contributed by atoms with Crippen molar-refractivity contribution in [2.24, 2.45) is 11.7 Å². The number of para-hydroxylation sites is 1. The molecule has 0 aliphatic rings. The van der Waals surface area contributed by atoms with Gasteiger partial charge in [0.05, 0.1) is 11.6 Å². The molecule has 1 aromatic rings. The summed E-state index contributed by atoms with van der Waals surface area (Å²) < 4.78 is 0. The molecule has 1 rings (SSSR count). The van der Waals surface area contributed by atoms with E-state index < -0.39 is 0 Å². The average Bonchev–Trinajstić information content (AvgIpc) is 2.36. The molecule has 3 nitrogen and oxygen atoms in total. The van der Waals surface area contributed by atoms with Crippen molar-refractivity contribution < 1.29 is 4.79 Å². The number of benzene rings is 1. The largest absolute Gasteiger partial charge is 0.327 e. The molecule has 0 radical (unpaired) electrons. The van der Waals surface area contributed by atoms with Crippen molar-refractivity contribution in [3.63, 3.8) is 0 Å². The predicted octanol–water partition coefficient (Wildman–Crippen LogP) is 2.89. The maximum atomic E-state index is 12.0. The Morgan fingerprint density at radius 2 is 2.17 bits per heavy atom. The van der Waals surface area contributed by atoms with Crippen molar-refractivity contribution >= 4 is 23.4 Å². The van der Waals surface area contributed by atoms with E-state index in [0.29, 0.717) is 0 Å². The first-order chi connectivity index (χ1) is 8.56. The number of rotatable bonds is 6. The zero-order chi connectivity index (χ0) is 13.5. The topological polar surface area (TPSA) is 55.1 Å². The van der Waals surface area contributed by atoms with E-state index >= 15 is 0 Å². The van der Waals surface area contributed by atoms with Crippen LogP contribution in [-0.2, 0) is 4.79 Å². The molecule has 0 saturated heterocycles. The summed E-state index contributed by atoms with van der Waals surface area (Å²) in [6.45, 7) is 7.36. The van der Waals surface area contributed by atoms with E-state index in [-0.39, 0.29) is 17.9 Å². The van der Waals surface area contributed by atoms with Crippen LogP contribution in [0.3, 0.4) is 0 Å². The van der Waals surface area contributed by atoms with Gasteiger partial charge >= 0.3 is 0 Å². The second-order valence-corrected chi connectivity index (χ2v) is 5.29. The smallest absolute Gasteiger partial charge is 0.228 e. The number of hydrogen-bond donors (Lipinski definition) is 2. The highest BCUT2D eigenvalue weighted by molar-refractivity contribution is 7.99. The third kappa shape index (κ3) is 4.20. The Morgan fingerprint density at radius 3 is 2.78 bits per heavy atom. The molecular formula is C14H20N2OS. The molecule has 1 aromatic carbocycles. The first-order valence-corrected chi connectivity index (χ1v) is 6.94. The lowest BCUT2D eigenvalue weighted by molar-refractivity contribution is -0.119. The van der Waals surface area contributed by atoms with Crippen molar-refractivity contribution in [2.75, 3.05) is 11.1 Å². The molecule has 0 heterocycles. The number of amides is 1. The molecule has 1 amide bonds. The summed E-state index contributed by atoms with van der Waals surface area (Å²) in [5.74, 6) is 0.564. The monoisotopic (exact) mass is 264 g/mol. The predicted molar refractivity (Wildman–Crippen MR) is 78.8 cm³/mol. The Hall–Kier alpha value is -1.26. The molecule has 2 atom stereocenters. The molecule has 0 fully saturated rings. The first kappa shape index (κ1) is 14.8. The Bertz CT molecular complexity index is 418. The summed E-state index contributed by atoms with van der Waals surface area (Å²) in [4.78, 5) is 13.0. The molecule has 0 aliphatic heterocycles. The van der Waals surface area contributed by atoms with E-state index in [1.165, 1.54) is 0 Å². The van der Waals surface area contributed by atoms with Crippen LogP contribution in [0.2, 0.25) is 0 Å². The molecule has 98 valence electrons. The average molecular weight is 264 g/mol. The van der Waals surface area contributed by atoms with Crippen molar-refractivity contribution in [2.45, 2.75) is 24.8 Å². The second-order valence-electron chi connectivity index (χ2n) is 4.23. The van der Waals surface area contributed by atoms with E-state index in [1.54, 1.807) is 11.8 Å². The fourth-order valence-electron chi connectivity index (χ4n) is 1.33. The fourth-order valence-corrected chi connectivity index (χ4v) is 2.08. The molecule has 0 spiro atoms. The molecule has 0 aliphatic carbocycles. The van der Waals surface area contributed by atoms with Crippen molar-refractivity contribution in [3.8, 4) is 0 Å². The first-order valence-electron chi connectivity index (χ1n) is 5.95. The molecule has 2 unspecified atom stereocenters. The highest BCUT2D eigenvalue weighted by atomic mass is 32.2. The van der Waals surface area contributed by atoms with Gasteiger partial charge in [-0.15, -0.1) is 18.3 Å². The number of anilines is 1. The number of thioether (sulfide) groups is 1. The van der Waals surface area contributed by atoms with Gasteiger partial charge in [-0.05, 0) is 19.1 Å². The van der Waals surface area contributed by atoms with Crippen LogP contribution in [0.25, 0.3) is 0 Å². The third-order valence-electron chi connectivity index (χ3n) is 2.70. The maximum absolute atomic E-state index is 12.0. The van der Waals surface area contributed by atoms with Gasteiger partial charge in [-0.2, -0.15) is 0 Å². The summed E-state index contributed by atoms with van der Waals surface area (Å²) in [6, 6.07) is 7.59. The van der Waals surface area contributed by atoms with Crippen LogP contribution in [-0.4, -0.2) is 17.7 Å². The SMILES string of the molecule is C=CCSc1ccccc1NC(=O)C(C)C(C)N. The minimum Gasteiger partial charge on any atom is -0.327 e. The summed E-state index contributed by atoms with van der Waals surface area (Å²) in [7, 11) is 0. The van der Waals surface area contributed by atoms with Crippen LogP contribution in [0.5, 0.6) is 0 Å². The van der Waals surface area contributed by atoms with Crippen LogP contribution in [0.15, 0.2) is 41.8 Å². The lowest BCUT2D eigenvalue weighted by Gasteiger charge is -2.16. The van der Waals surface area contributed by atoms with E-state index in [2.05, 4.69) is 11.9 Å². The van der Waals surface area contributed by atoms with Crippen molar-refractivity contribution in [1.82, 2.24) is 0 Å². The number of carbonyl (C=O) groups is 1. The molecule has 0 bridgehead atoms. The Labute approximate surface area is 113 Å². The van der Waals surface area contributed by atoms with Gasteiger partial charge in [0.15, 0.2) is 0 Å². The van der Waals surface area contributed by atoms with Crippen LogP contribution in [0.1, 0.15) is 13.8 Å². The van der Waals surface area contributed by atoms with Gasteiger partial charge in [0.25, 0.3) is 0 Å². The van der Waals surface area contributed by atoms with Gasteiger partial charge in [-0.3, -0.25) is 4.79 Å². The van der Waals surface area contributed by atoms with E-state index in [9.17, 15) is 4.79 Å². The number of carbonyl (C=O) groups excluding carboxylic acids is 1. The van der Waals surface area contributed by atoms with Crippen LogP contribution >= 0.6 is 11.8 Å². The quantitative estimate of drug-likeness (QED) is 0.613. The zero-order valence-electron chi connectivity index (χ0n) is 10.8. The van der Waals surface area contributed by atoms with Gasteiger partial charge in [0.1, 0.15) is 0 Å². The highest BCUT2D eigenvalue weighted by Gasteiger charge is 2.17.